The number of likely N-dealkylation sites (tertiary alicyclic amines) is 1. The zero-order valence-corrected chi connectivity index (χ0v) is 21.6. The van der Waals surface area contributed by atoms with Gasteiger partial charge in [-0.1, -0.05) is 36.4 Å². The first kappa shape index (κ1) is 22.8. The zero-order chi connectivity index (χ0) is 24.7. The van der Waals surface area contributed by atoms with Crippen molar-refractivity contribution >= 4 is 17.3 Å². The molecule has 0 radical (unpaired) electrons. The Kier molecular flexibility index (Phi) is 5.12. The number of piperidine rings is 1. The number of hydrogen-bond donors (Lipinski definition) is 3. The Morgan fingerprint density at radius 3 is 2.75 bits per heavy atom. The smallest absolute Gasteiger partial charge is 0.169 e. The van der Waals surface area contributed by atoms with Gasteiger partial charge in [-0.15, -0.1) is 0 Å². The molecule has 5 atom stereocenters. The lowest BCUT2D eigenvalue weighted by Crippen LogP contribution is -2.78. The van der Waals surface area contributed by atoms with Crippen molar-refractivity contribution in [3.05, 3.63) is 59.2 Å². The van der Waals surface area contributed by atoms with Crippen molar-refractivity contribution in [1.29, 1.82) is 0 Å². The van der Waals surface area contributed by atoms with Crippen LogP contribution in [-0.4, -0.2) is 69.1 Å². The summed E-state index contributed by atoms with van der Waals surface area (Å²) in [4.78, 5) is 4.71. The number of likely N-dealkylation sites (N-methyl/N-ethyl adjacent to an activating group) is 1. The van der Waals surface area contributed by atoms with Crippen molar-refractivity contribution in [1.82, 2.24) is 15.1 Å². The SMILES string of the molecule is CN(C(=S)NCc1ccccc1)[C@@H]1CC[C@@]2(O)[C@H]3Cc4ccc(O)c5c4[C@@]2(CCN3CC2CC2)[C@H]1O5. The van der Waals surface area contributed by atoms with Crippen molar-refractivity contribution in [2.24, 2.45) is 5.92 Å². The second-order valence-electron chi connectivity index (χ2n) is 11.7. The molecule has 2 aromatic rings. The summed E-state index contributed by atoms with van der Waals surface area (Å²) in [5, 5.41) is 27.6. The molecular weight excluding hydrogens is 470 g/mol. The Labute approximate surface area is 218 Å². The van der Waals surface area contributed by atoms with Crippen LogP contribution in [0, 0.1) is 5.92 Å². The van der Waals surface area contributed by atoms with E-state index >= 15 is 0 Å². The minimum absolute atomic E-state index is 0.00873. The molecule has 1 saturated heterocycles. The molecule has 2 aromatic carbocycles. The predicted molar refractivity (Wildman–Crippen MR) is 142 cm³/mol. The Bertz CT molecular complexity index is 1200. The Hall–Kier alpha value is -2.35. The molecule has 2 aliphatic heterocycles. The van der Waals surface area contributed by atoms with Crippen molar-refractivity contribution < 1.29 is 14.9 Å². The minimum Gasteiger partial charge on any atom is -0.504 e. The molecule has 1 spiro atoms. The highest BCUT2D eigenvalue weighted by atomic mass is 32.1. The molecule has 0 unspecified atom stereocenters. The van der Waals surface area contributed by atoms with E-state index in [2.05, 4.69) is 33.3 Å². The van der Waals surface area contributed by atoms with E-state index in [4.69, 9.17) is 17.0 Å². The van der Waals surface area contributed by atoms with E-state index in [9.17, 15) is 10.2 Å². The van der Waals surface area contributed by atoms with Gasteiger partial charge >= 0.3 is 0 Å². The van der Waals surface area contributed by atoms with Crippen LogP contribution in [0.25, 0.3) is 0 Å². The number of hydrogen-bond acceptors (Lipinski definition) is 5. The van der Waals surface area contributed by atoms with E-state index in [0.717, 1.165) is 43.8 Å². The van der Waals surface area contributed by atoms with Gasteiger partial charge in [0.2, 0.25) is 0 Å². The summed E-state index contributed by atoms with van der Waals surface area (Å²) >= 11 is 5.85. The number of phenols is 1. The van der Waals surface area contributed by atoms with Gasteiger partial charge in [0.05, 0.1) is 17.1 Å². The standard InChI is InChI=1S/C29H35N3O3S/c1-31(27(36)30-16-18-5-3-2-4-6-18)21-11-12-29(34)23-15-20-9-10-22(33)25-24(20)28(29,26(21)35-25)13-14-32(23)17-19-7-8-19/h2-6,9-10,19,21,23,26,33-34H,7-8,11-17H2,1H3,(H,30,36)/t21-,23-,26+,28+,29-/m1/s1. The average Bonchev–Trinajstić information content (AvgIpc) is 3.63. The number of ether oxygens (including phenoxy) is 1. The van der Waals surface area contributed by atoms with E-state index in [1.807, 2.05) is 25.2 Å². The van der Waals surface area contributed by atoms with E-state index in [0.29, 0.717) is 23.8 Å². The molecule has 0 amide bonds. The second kappa shape index (κ2) is 8.07. The monoisotopic (exact) mass is 505 g/mol. The molecule has 5 aliphatic rings. The lowest BCUT2D eigenvalue weighted by molar-refractivity contribution is -0.196. The first-order valence-electron chi connectivity index (χ1n) is 13.5. The van der Waals surface area contributed by atoms with E-state index < -0.39 is 11.0 Å². The highest BCUT2D eigenvalue weighted by molar-refractivity contribution is 7.80. The Balaban J connectivity index is 1.23. The molecule has 36 heavy (non-hydrogen) atoms. The van der Waals surface area contributed by atoms with Crippen molar-refractivity contribution in [2.75, 3.05) is 20.1 Å². The van der Waals surface area contributed by atoms with E-state index in [1.54, 1.807) is 6.07 Å². The van der Waals surface area contributed by atoms with Crippen LogP contribution in [0.15, 0.2) is 42.5 Å². The molecule has 7 heteroatoms. The number of thiocarbonyl (C=S) groups is 1. The van der Waals surface area contributed by atoms with E-state index in [-0.39, 0.29) is 23.9 Å². The molecule has 6 nitrogen and oxygen atoms in total. The number of rotatable bonds is 5. The van der Waals surface area contributed by atoms with Crippen LogP contribution in [0.4, 0.5) is 0 Å². The summed E-state index contributed by atoms with van der Waals surface area (Å²) in [6.07, 6.45) is 5.54. The first-order chi connectivity index (χ1) is 17.4. The lowest BCUT2D eigenvalue weighted by atomic mass is 9.48. The molecule has 3 fully saturated rings. The third kappa shape index (κ3) is 3.12. The molecule has 7 rings (SSSR count). The van der Waals surface area contributed by atoms with Gasteiger partial charge in [-0.2, -0.15) is 0 Å². The maximum absolute atomic E-state index is 12.6. The van der Waals surface area contributed by atoms with Crippen LogP contribution in [0.3, 0.4) is 0 Å². The van der Waals surface area contributed by atoms with Crippen LogP contribution < -0.4 is 10.1 Å². The highest BCUT2D eigenvalue weighted by Gasteiger charge is 2.73. The largest absolute Gasteiger partial charge is 0.504 e. The molecule has 2 heterocycles. The first-order valence-corrected chi connectivity index (χ1v) is 13.9. The zero-order valence-electron chi connectivity index (χ0n) is 20.8. The van der Waals surface area contributed by atoms with Crippen LogP contribution in [0.5, 0.6) is 11.5 Å². The normalized spacial score (nSPS) is 34.0. The van der Waals surface area contributed by atoms with Crippen LogP contribution >= 0.6 is 12.2 Å². The molecule has 2 bridgehead atoms. The topological polar surface area (TPSA) is 68.2 Å². The quantitative estimate of drug-likeness (QED) is 0.539. The lowest BCUT2D eigenvalue weighted by Gasteiger charge is -2.64. The highest BCUT2D eigenvalue weighted by Crippen LogP contribution is 2.66. The summed E-state index contributed by atoms with van der Waals surface area (Å²) in [6.45, 7) is 2.72. The van der Waals surface area contributed by atoms with Gasteiger partial charge in [0, 0.05) is 31.7 Å². The van der Waals surface area contributed by atoms with Gasteiger partial charge in [-0.3, -0.25) is 4.90 Å². The summed E-state index contributed by atoms with van der Waals surface area (Å²) in [5.41, 5.74) is 2.09. The van der Waals surface area contributed by atoms with Gasteiger partial charge in [-0.05, 0) is 80.4 Å². The van der Waals surface area contributed by atoms with Gasteiger partial charge in [0.15, 0.2) is 16.6 Å². The Morgan fingerprint density at radius 2 is 1.97 bits per heavy atom. The van der Waals surface area contributed by atoms with Crippen LogP contribution in [-0.2, 0) is 18.4 Å². The van der Waals surface area contributed by atoms with Crippen molar-refractivity contribution in [3.63, 3.8) is 0 Å². The molecular formula is C29H35N3O3S. The van der Waals surface area contributed by atoms with Gasteiger partial charge in [-0.25, -0.2) is 0 Å². The van der Waals surface area contributed by atoms with Crippen molar-refractivity contribution in [3.8, 4) is 11.5 Å². The van der Waals surface area contributed by atoms with Crippen LogP contribution in [0.2, 0.25) is 0 Å². The number of aliphatic hydroxyl groups is 1. The summed E-state index contributed by atoms with van der Waals surface area (Å²) in [6, 6.07) is 14.2. The van der Waals surface area contributed by atoms with E-state index in [1.165, 1.54) is 24.0 Å². The molecule has 2 saturated carbocycles. The minimum atomic E-state index is -0.868. The maximum Gasteiger partial charge on any atom is 0.169 e. The fourth-order valence-corrected chi connectivity index (χ4v) is 8.11. The van der Waals surface area contributed by atoms with Gasteiger partial charge in [0.25, 0.3) is 0 Å². The van der Waals surface area contributed by atoms with Gasteiger partial charge in [0.1, 0.15) is 6.10 Å². The summed E-state index contributed by atoms with van der Waals surface area (Å²) < 4.78 is 6.69. The molecule has 3 aliphatic carbocycles. The number of nitrogens with zero attached hydrogens (tertiary/aromatic N) is 2. The molecule has 0 aromatic heterocycles. The fraction of sp³-hybridized carbons (Fsp3) is 0.552. The molecule has 190 valence electrons. The summed E-state index contributed by atoms with van der Waals surface area (Å²) in [5.74, 6) is 1.56. The fourth-order valence-electron chi connectivity index (χ4n) is 7.90. The second-order valence-corrected chi connectivity index (χ2v) is 12.0. The third-order valence-electron chi connectivity index (χ3n) is 9.84. The number of aromatic hydroxyl groups is 1. The number of phenolic OH excluding ortho intramolecular Hbond substituents is 1. The third-order valence-corrected chi connectivity index (χ3v) is 10.3. The number of nitrogens with one attached hydrogen (secondary N) is 1. The van der Waals surface area contributed by atoms with Gasteiger partial charge < -0.3 is 25.2 Å². The predicted octanol–water partition coefficient (Wildman–Crippen LogP) is 3.33. The van der Waals surface area contributed by atoms with Crippen molar-refractivity contribution in [2.45, 2.75) is 74.3 Å². The van der Waals surface area contributed by atoms with Crippen LogP contribution in [0.1, 0.15) is 48.8 Å². The molecule has 3 N–H and O–H groups in total. The average molecular weight is 506 g/mol. The number of benzene rings is 2. The maximum atomic E-state index is 12.6. The Morgan fingerprint density at radius 1 is 1.17 bits per heavy atom. The summed E-state index contributed by atoms with van der Waals surface area (Å²) in [7, 11) is 2.04.